The first kappa shape index (κ1) is 20.0. The van der Waals surface area contributed by atoms with Crippen molar-refractivity contribution >= 4 is 11.9 Å². The third kappa shape index (κ3) is 4.18. The summed E-state index contributed by atoms with van der Waals surface area (Å²) in [7, 11) is 0. The summed E-state index contributed by atoms with van der Waals surface area (Å²) in [6, 6.07) is 6.92. The highest BCUT2D eigenvalue weighted by Gasteiger charge is 2.51. The van der Waals surface area contributed by atoms with Crippen molar-refractivity contribution in [3.05, 3.63) is 23.9 Å². The van der Waals surface area contributed by atoms with E-state index in [1.54, 1.807) is 0 Å². The minimum Gasteiger partial charge on any atom is -0.450 e. The maximum absolute atomic E-state index is 11.9. The number of rotatable bonds is 5. The molecule has 1 atom stereocenters. The highest BCUT2D eigenvalue weighted by molar-refractivity contribution is 5.69. The van der Waals surface area contributed by atoms with Crippen LogP contribution in [-0.2, 0) is 11.2 Å². The molecule has 0 unspecified atom stereocenters. The summed E-state index contributed by atoms with van der Waals surface area (Å²) in [6.07, 6.45) is 6.63. The zero-order valence-electron chi connectivity index (χ0n) is 17.3. The molecule has 1 saturated carbocycles. The van der Waals surface area contributed by atoms with Crippen LogP contribution in [-0.4, -0.2) is 72.8 Å². The van der Waals surface area contributed by atoms with Crippen molar-refractivity contribution in [2.45, 2.75) is 45.1 Å². The molecule has 0 radical (unpaired) electrons. The third-order valence-electron chi connectivity index (χ3n) is 6.76. The lowest BCUT2D eigenvalue weighted by Gasteiger charge is -2.48. The van der Waals surface area contributed by atoms with Gasteiger partial charge in [0.15, 0.2) is 0 Å². The summed E-state index contributed by atoms with van der Waals surface area (Å²) in [5.41, 5.74) is 1.50. The molecule has 7 nitrogen and oxygen atoms in total. The van der Waals surface area contributed by atoms with Gasteiger partial charge in [0.1, 0.15) is 5.82 Å². The average Bonchev–Trinajstić information content (AvgIpc) is 3.18. The van der Waals surface area contributed by atoms with E-state index in [2.05, 4.69) is 26.9 Å². The third-order valence-corrected chi connectivity index (χ3v) is 6.76. The fourth-order valence-electron chi connectivity index (χ4n) is 5.28. The Morgan fingerprint density at radius 1 is 1.34 bits per heavy atom. The van der Waals surface area contributed by atoms with E-state index in [9.17, 15) is 4.79 Å². The Balaban J connectivity index is 1.28. The predicted molar refractivity (Wildman–Crippen MR) is 111 cm³/mol. The zero-order chi connectivity index (χ0) is 20.3. The van der Waals surface area contributed by atoms with Crippen molar-refractivity contribution in [1.82, 2.24) is 14.8 Å². The van der Waals surface area contributed by atoms with Crippen LogP contribution in [0, 0.1) is 16.7 Å². The first-order valence-corrected chi connectivity index (χ1v) is 10.9. The van der Waals surface area contributed by atoms with Gasteiger partial charge in [0, 0.05) is 63.3 Å². The number of amides is 1. The minimum absolute atomic E-state index is 0.155. The molecule has 2 aliphatic heterocycles. The lowest BCUT2D eigenvalue weighted by molar-refractivity contribution is -0.00294. The van der Waals surface area contributed by atoms with Gasteiger partial charge in [-0.1, -0.05) is 6.07 Å². The normalized spacial score (nSPS) is 23.7. The number of ether oxygens (including phenoxy) is 1. The van der Waals surface area contributed by atoms with Crippen molar-refractivity contribution in [3.63, 3.8) is 0 Å². The number of aromatic nitrogens is 1. The van der Waals surface area contributed by atoms with E-state index >= 15 is 0 Å². The summed E-state index contributed by atoms with van der Waals surface area (Å²) in [5.74, 6) is 1.05. The number of aryl methyl sites for hydroxylation is 1. The van der Waals surface area contributed by atoms with Crippen LogP contribution < -0.4 is 4.90 Å². The summed E-state index contributed by atoms with van der Waals surface area (Å²) in [5, 5.41) is 8.91. The smallest absolute Gasteiger partial charge is 0.409 e. The summed E-state index contributed by atoms with van der Waals surface area (Å²) in [4.78, 5) is 23.4. The molecular formula is C22H31N5O2. The molecule has 156 valence electrons. The zero-order valence-corrected chi connectivity index (χ0v) is 17.3. The Labute approximate surface area is 173 Å². The number of hydrogen-bond donors (Lipinski definition) is 0. The molecule has 0 bridgehead atoms. The van der Waals surface area contributed by atoms with Crippen LogP contribution in [0.3, 0.4) is 0 Å². The van der Waals surface area contributed by atoms with Gasteiger partial charge in [0.25, 0.3) is 0 Å². The number of anilines is 1. The number of carbonyl (C=O) groups is 1. The molecule has 1 spiro atoms. The summed E-state index contributed by atoms with van der Waals surface area (Å²) < 4.78 is 5.13. The summed E-state index contributed by atoms with van der Waals surface area (Å²) >= 11 is 0. The molecule has 29 heavy (non-hydrogen) atoms. The molecule has 4 rings (SSSR count). The largest absolute Gasteiger partial charge is 0.450 e. The molecular weight excluding hydrogens is 366 g/mol. The summed E-state index contributed by atoms with van der Waals surface area (Å²) in [6.45, 7) is 8.09. The van der Waals surface area contributed by atoms with E-state index in [4.69, 9.17) is 10.00 Å². The number of hydrogen-bond acceptors (Lipinski definition) is 6. The lowest BCUT2D eigenvalue weighted by Crippen LogP contribution is -2.58. The van der Waals surface area contributed by atoms with Gasteiger partial charge in [-0.25, -0.2) is 9.78 Å². The number of carbonyl (C=O) groups excluding carboxylic acids is 1. The Morgan fingerprint density at radius 3 is 2.86 bits per heavy atom. The quantitative estimate of drug-likeness (QED) is 0.761. The van der Waals surface area contributed by atoms with Crippen molar-refractivity contribution in [2.75, 3.05) is 50.8 Å². The number of nitriles is 1. The molecule has 1 aromatic heterocycles. The molecule has 3 fully saturated rings. The molecule has 1 aromatic rings. The van der Waals surface area contributed by atoms with Crippen LogP contribution in [0.5, 0.6) is 0 Å². The van der Waals surface area contributed by atoms with Gasteiger partial charge in [0.2, 0.25) is 0 Å². The fourth-order valence-corrected chi connectivity index (χ4v) is 5.28. The maximum atomic E-state index is 11.9. The van der Waals surface area contributed by atoms with Crippen molar-refractivity contribution in [2.24, 2.45) is 5.41 Å². The van der Waals surface area contributed by atoms with Gasteiger partial charge < -0.3 is 14.5 Å². The van der Waals surface area contributed by atoms with Crippen LogP contribution in [0.4, 0.5) is 10.6 Å². The SMILES string of the molecule is CCOC(=O)N1CC2(CC[C@@H](N3CCN(c4ncccc4CCC#N)CC3)C2)C1. The Bertz CT molecular complexity index is 763. The van der Waals surface area contributed by atoms with Crippen molar-refractivity contribution in [1.29, 1.82) is 5.26 Å². The minimum atomic E-state index is -0.155. The van der Waals surface area contributed by atoms with Crippen LogP contribution in [0.1, 0.15) is 38.2 Å². The van der Waals surface area contributed by atoms with Gasteiger partial charge >= 0.3 is 6.09 Å². The second kappa shape index (κ2) is 8.58. The first-order valence-electron chi connectivity index (χ1n) is 10.9. The molecule has 0 aromatic carbocycles. The highest BCUT2D eigenvalue weighted by atomic mass is 16.6. The van der Waals surface area contributed by atoms with E-state index in [0.717, 1.165) is 51.5 Å². The van der Waals surface area contributed by atoms with Gasteiger partial charge in [-0.05, 0) is 44.2 Å². The Hall–Kier alpha value is -2.33. The van der Waals surface area contributed by atoms with E-state index in [0.29, 0.717) is 24.5 Å². The lowest BCUT2D eigenvalue weighted by atomic mass is 9.78. The van der Waals surface area contributed by atoms with E-state index < -0.39 is 0 Å². The second-order valence-corrected chi connectivity index (χ2v) is 8.62. The second-order valence-electron chi connectivity index (χ2n) is 8.62. The van der Waals surface area contributed by atoms with Crippen LogP contribution in [0.2, 0.25) is 0 Å². The number of piperazine rings is 1. The molecule has 3 aliphatic rings. The van der Waals surface area contributed by atoms with Gasteiger partial charge in [0.05, 0.1) is 12.7 Å². The van der Waals surface area contributed by atoms with Crippen LogP contribution in [0.25, 0.3) is 0 Å². The fraction of sp³-hybridized carbons (Fsp3) is 0.682. The maximum Gasteiger partial charge on any atom is 0.409 e. The molecule has 1 aliphatic carbocycles. The average molecular weight is 398 g/mol. The Morgan fingerprint density at radius 2 is 2.14 bits per heavy atom. The van der Waals surface area contributed by atoms with Gasteiger partial charge in [-0.3, -0.25) is 4.90 Å². The topological polar surface area (TPSA) is 72.7 Å². The standard InChI is InChI=1S/C22H31N5O2/c1-2-29-21(28)27-16-22(17-27)8-7-19(15-22)25-11-13-26(14-12-25)20-18(5-3-9-23)6-4-10-24-20/h4,6,10,19H,2-3,5,7-8,11-17H2,1H3/t19-/m1/s1. The van der Waals surface area contributed by atoms with Gasteiger partial charge in [-0.15, -0.1) is 0 Å². The van der Waals surface area contributed by atoms with E-state index in [-0.39, 0.29) is 6.09 Å². The number of likely N-dealkylation sites (tertiary alicyclic amines) is 1. The van der Waals surface area contributed by atoms with Crippen LogP contribution >= 0.6 is 0 Å². The predicted octanol–water partition coefficient (Wildman–Crippen LogP) is 2.67. The first-order chi connectivity index (χ1) is 14.1. The number of pyridine rings is 1. The van der Waals surface area contributed by atoms with Crippen molar-refractivity contribution in [3.8, 4) is 6.07 Å². The monoisotopic (exact) mass is 397 g/mol. The van der Waals surface area contributed by atoms with Gasteiger partial charge in [-0.2, -0.15) is 5.26 Å². The molecule has 1 amide bonds. The van der Waals surface area contributed by atoms with Crippen molar-refractivity contribution < 1.29 is 9.53 Å². The molecule has 3 heterocycles. The Kier molecular flexibility index (Phi) is 5.91. The molecule has 0 N–H and O–H groups in total. The van der Waals surface area contributed by atoms with E-state index in [1.165, 1.54) is 24.8 Å². The molecule has 7 heteroatoms. The molecule has 2 saturated heterocycles. The van der Waals surface area contributed by atoms with E-state index in [1.807, 2.05) is 24.1 Å². The van der Waals surface area contributed by atoms with Crippen LogP contribution in [0.15, 0.2) is 18.3 Å². The number of nitrogens with zero attached hydrogens (tertiary/aromatic N) is 5. The highest BCUT2D eigenvalue weighted by Crippen LogP contribution is 2.47.